The molecule has 0 spiro atoms. The van der Waals surface area contributed by atoms with Gasteiger partial charge in [-0.3, -0.25) is 0 Å². The van der Waals surface area contributed by atoms with Gasteiger partial charge in [-0.1, -0.05) is 123 Å². The predicted molar refractivity (Wildman–Crippen MR) is 210 cm³/mol. The molecular formula is C47H36N2. The van der Waals surface area contributed by atoms with Crippen molar-refractivity contribution in [3.63, 3.8) is 0 Å². The van der Waals surface area contributed by atoms with E-state index in [4.69, 9.17) is 0 Å². The summed E-state index contributed by atoms with van der Waals surface area (Å²) in [7, 11) is 0. The largest absolute Gasteiger partial charge is 0.354 e. The van der Waals surface area contributed by atoms with Crippen molar-refractivity contribution in [2.24, 2.45) is 0 Å². The summed E-state index contributed by atoms with van der Waals surface area (Å²) in [5.74, 6) is 0. The molecule has 49 heavy (non-hydrogen) atoms. The van der Waals surface area contributed by atoms with Gasteiger partial charge in [0.1, 0.15) is 0 Å². The van der Waals surface area contributed by atoms with Crippen LogP contribution in [0.15, 0.2) is 165 Å². The zero-order valence-electron chi connectivity index (χ0n) is 27.8. The van der Waals surface area contributed by atoms with Crippen LogP contribution in [-0.4, -0.2) is 9.55 Å². The molecule has 7 aromatic carbocycles. The smallest absolute Gasteiger partial charge is 0.0544 e. The van der Waals surface area contributed by atoms with E-state index in [1.807, 2.05) is 0 Å². The molecule has 0 saturated heterocycles. The second kappa shape index (κ2) is 11.0. The summed E-state index contributed by atoms with van der Waals surface area (Å²) in [5.41, 5.74) is 16.4. The molecule has 1 aliphatic rings. The van der Waals surface area contributed by atoms with Crippen LogP contribution in [0.1, 0.15) is 25.0 Å². The van der Waals surface area contributed by atoms with Crippen LogP contribution in [0, 0.1) is 0 Å². The molecule has 0 radical (unpaired) electrons. The van der Waals surface area contributed by atoms with Gasteiger partial charge in [0, 0.05) is 43.7 Å². The lowest BCUT2D eigenvalue weighted by atomic mass is 9.82. The van der Waals surface area contributed by atoms with E-state index < -0.39 is 0 Å². The molecule has 2 heterocycles. The summed E-state index contributed by atoms with van der Waals surface area (Å²) in [6, 6.07) is 55.8. The quantitative estimate of drug-likeness (QED) is 0.188. The Morgan fingerprint density at radius 3 is 1.88 bits per heavy atom. The van der Waals surface area contributed by atoms with Crippen molar-refractivity contribution in [1.29, 1.82) is 0 Å². The Bertz CT molecular complexity index is 2680. The van der Waals surface area contributed by atoms with Crippen molar-refractivity contribution in [2.45, 2.75) is 19.3 Å². The third kappa shape index (κ3) is 4.27. The van der Waals surface area contributed by atoms with E-state index >= 15 is 0 Å². The van der Waals surface area contributed by atoms with Crippen LogP contribution in [0.4, 0.5) is 0 Å². The minimum absolute atomic E-state index is 0.0129. The Morgan fingerprint density at radius 2 is 1.08 bits per heavy atom. The Balaban J connectivity index is 0.00000160. The van der Waals surface area contributed by atoms with Gasteiger partial charge in [0.25, 0.3) is 0 Å². The van der Waals surface area contributed by atoms with Gasteiger partial charge in [-0.2, -0.15) is 0 Å². The number of H-pyrrole nitrogens is 1. The van der Waals surface area contributed by atoms with Gasteiger partial charge in [-0.25, -0.2) is 0 Å². The number of nitrogens with one attached hydrogen (secondary N) is 1. The second-order valence-electron chi connectivity index (χ2n) is 13.5. The summed E-state index contributed by atoms with van der Waals surface area (Å²) in [4.78, 5) is 3.80. The molecule has 234 valence electrons. The van der Waals surface area contributed by atoms with Crippen LogP contribution in [0.2, 0.25) is 0 Å². The van der Waals surface area contributed by atoms with Crippen molar-refractivity contribution in [1.82, 2.24) is 9.55 Å². The highest BCUT2D eigenvalue weighted by Crippen LogP contribution is 2.49. The summed E-state index contributed by atoms with van der Waals surface area (Å²) in [6.07, 6.45) is 0. The first kappa shape index (κ1) is 29.1. The van der Waals surface area contributed by atoms with Crippen molar-refractivity contribution < 1.29 is 0 Å². The highest BCUT2D eigenvalue weighted by molar-refractivity contribution is 6.13. The first-order valence-corrected chi connectivity index (χ1v) is 16.9. The molecule has 0 unspecified atom stereocenters. The maximum atomic E-state index is 3.80. The lowest BCUT2D eigenvalue weighted by molar-refractivity contribution is 0.660. The molecular weight excluding hydrogens is 593 g/mol. The van der Waals surface area contributed by atoms with Gasteiger partial charge < -0.3 is 9.55 Å². The normalized spacial score (nSPS) is 13.0. The highest BCUT2D eigenvalue weighted by atomic mass is 15.0. The van der Waals surface area contributed by atoms with Crippen LogP contribution < -0.4 is 0 Å². The van der Waals surface area contributed by atoms with Crippen molar-refractivity contribution >= 4 is 43.6 Å². The van der Waals surface area contributed by atoms with Gasteiger partial charge in [0.05, 0.1) is 16.6 Å². The summed E-state index contributed by atoms with van der Waals surface area (Å²) in [6.45, 7) is 10.7. The first-order valence-electron chi connectivity index (χ1n) is 16.9. The number of benzene rings is 7. The third-order valence-corrected chi connectivity index (χ3v) is 10.5. The molecule has 2 heteroatoms. The van der Waals surface area contributed by atoms with Gasteiger partial charge in [0.2, 0.25) is 0 Å². The molecule has 0 atom stereocenters. The molecule has 1 N–H and O–H groups in total. The van der Waals surface area contributed by atoms with Crippen molar-refractivity contribution in [2.75, 3.05) is 0 Å². The summed E-state index contributed by atoms with van der Waals surface area (Å²) in [5, 5.41) is 5.03. The monoisotopic (exact) mass is 628 g/mol. The minimum atomic E-state index is 0.0129. The molecule has 0 saturated carbocycles. The Labute approximate surface area is 286 Å². The van der Waals surface area contributed by atoms with E-state index in [-0.39, 0.29) is 5.41 Å². The van der Waals surface area contributed by atoms with E-state index in [1.165, 1.54) is 88.3 Å². The molecule has 0 fully saturated rings. The van der Waals surface area contributed by atoms with E-state index in [0.717, 1.165) is 5.52 Å². The molecule has 1 aliphatic carbocycles. The standard InChI is InChI=1S/C45H32N2.C2H4/c1-45(2)39-18-6-3-13-33(39)37-26-29(21-23-40(37)45)28-11-9-12-30(25-28)32-16-10-17-36-38-27-31(22-24-41(38)46-44(32)36)47-42-19-7-4-14-34(42)35-15-5-8-20-43(35)47;1-2/h3-27,46H,1-2H3;1-2H2. The molecule has 0 aliphatic heterocycles. The molecule has 2 aromatic heterocycles. The van der Waals surface area contributed by atoms with Crippen LogP contribution >= 0.6 is 0 Å². The molecule has 0 amide bonds. The van der Waals surface area contributed by atoms with Crippen LogP contribution in [0.3, 0.4) is 0 Å². The second-order valence-corrected chi connectivity index (χ2v) is 13.5. The molecule has 10 rings (SSSR count). The maximum Gasteiger partial charge on any atom is 0.0544 e. The number of nitrogens with zero attached hydrogens (tertiary/aromatic N) is 1. The van der Waals surface area contributed by atoms with Gasteiger partial charge in [-0.15, -0.1) is 13.2 Å². The number of aromatic amines is 1. The molecule has 2 nitrogen and oxygen atoms in total. The SMILES string of the molecule is C=C.CC1(C)c2ccccc2-c2cc(-c3cccc(-c4cccc5c4[nH]c4ccc(-n6c7ccccc7c7ccccc76)cc45)c3)ccc21. The lowest BCUT2D eigenvalue weighted by Crippen LogP contribution is -2.14. The maximum absolute atomic E-state index is 3.80. The first-order chi connectivity index (χ1) is 24.1. The van der Waals surface area contributed by atoms with Gasteiger partial charge in [0.15, 0.2) is 0 Å². The van der Waals surface area contributed by atoms with Crippen molar-refractivity contribution in [3.05, 3.63) is 176 Å². The van der Waals surface area contributed by atoms with E-state index in [2.05, 4.69) is 188 Å². The Kier molecular flexibility index (Phi) is 6.50. The van der Waals surface area contributed by atoms with Crippen molar-refractivity contribution in [3.8, 4) is 39.1 Å². The van der Waals surface area contributed by atoms with Gasteiger partial charge >= 0.3 is 0 Å². The molecule has 0 bridgehead atoms. The zero-order chi connectivity index (χ0) is 33.3. The topological polar surface area (TPSA) is 20.7 Å². The Morgan fingerprint density at radius 1 is 0.469 bits per heavy atom. The average molecular weight is 629 g/mol. The van der Waals surface area contributed by atoms with Crippen LogP contribution in [0.25, 0.3) is 82.7 Å². The summed E-state index contributed by atoms with van der Waals surface area (Å²) < 4.78 is 2.40. The fraction of sp³-hybridized carbons (Fsp3) is 0.0638. The van der Waals surface area contributed by atoms with E-state index in [9.17, 15) is 0 Å². The fourth-order valence-electron chi connectivity index (χ4n) is 8.26. The number of rotatable bonds is 3. The van der Waals surface area contributed by atoms with E-state index in [0.29, 0.717) is 0 Å². The number of para-hydroxylation sites is 3. The number of fused-ring (bicyclic) bond motifs is 9. The highest BCUT2D eigenvalue weighted by Gasteiger charge is 2.35. The molecule has 9 aromatic rings. The van der Waals surface area contributed by atoms with Crippen LogP contribution in [0.5, 0.6) is 0 Å². The minimum Gasteiger partial charge on any atom is -0.354 e. The third-order valence-electron chi connectivity index (χ3n) is 10.5. The fourth-order valence-corrected chi connectivity index (χ4v) is 8.26. The predicted octanol–water partition coefficient (Wildman–Crippen LogP) is 12.9. The number of hydrogen-bond acceptors (Lipinski definition) is 0. The van der Waals surface area contributed by atoms with Crippen LogP contribution in [-0.2, 0) is 5.41 Å². The number of aromatic nitrogens is 2. The summed E-state index contributed by atoms with van der Waals surface area (Å²) >= 11 is 0. The van der Waals surface area contributed by atoms with E-state index in [1.54, 1.807) is 0 Å². The zero-order valence-corrected chi connectivity index (χ0v) is 27.8. The lowest BCUT2D eigenvalue weighted by Gasteiger charge is -2.21. The average Bonchev–Trinajstić information content (AvgIpc) is 3.78. The van der Waals surface area contributed by atoms with Gasteiger partial charge in [-0.05, 0) is 81.4 Å². The number of hydrogen-bond donors (Lipinski definition) is 1. The Hall–Kier alpha value is -6.12.